The van der Waals surface area contributed by atoms with E-state index in [-0.39, 0.29) is 11.8 Å². The predicted octanol–water partition coefficient (Wildman–Crippen LogP) is 4.69. The number of nitrogens with zero attached hydrogens (tertiary/aromatic N) is 1. The van der Waals surface area contributed by atoms with Crippen molar-refractivity contribution >= 4 is 60.1 Å². The topological polar surface area (TPSA) is 71.1 Å². The summed E-state index contributed by atoms with van der Waals surface area (Å²) < 4.78 is 1.92. The number of hydrogen-bond donors (Lipinski definition) is 2. The summed E-state index contributed by atoms with van der Waals surface area (Å²) in [5.74, 6) is -0.131. The zero-order chi connectivity index (χ0) is 18.3. The van der Waals surface area contributed by atoms with E-state index in [0.29, 0.717) is 5.13 Å². The maximum Gasteiger partial charge on any atom is 0.235 e. The highest BCUT2D eigenvalue weighted by atomic mass is 79.9. The third kappa shape index (κ3) is 3.24. The lowest BCUT2D eigenvalue weighted by Gasteiger charge is -2.16. The zero-order valence-electron chi connectivity index (χ0n) is 14.0. The van der Waals surface area contributed by atoms with Crippen LogP contribution in [0.3, 0.4) is 0 Å². The van der Waals surface area contributed by atoms with Crippen molar-refractivity contribution in [3.05, 3.63) is 52.5 Å². The lowest BCUT2D eigenvalue weighted by atomic mass is 9.95. The van der Waals surface area contributed by atoms with Crippen molar-refractivity contribution in [2.75, 3.05) is 10.6 Å². The first kappa shape index (κ1) is 17.2. The molecule has 0 saturated heterocycles. The second-order valence-electron chi connectivity index (χ2n) is 6.43. The molecule has 0 unspecified atom stereocenters. The Morgan fingerprint density at radius 2 is 1.85 bits per heavy atom. The number of carbonyl (C=O) groups excluding carboxylic acids is 2. The van der Waals surface area contributed by atoms with Crippen LogP contribution in [0.4, 0.5) is 10.8 Å². The van der Waals surface area contributed by atoms with Gasteiger partial charge in [0.1, 0.15) is 0 Å². The number of anilines is 2. The minimum atomic E-state index is -0.426. The number of thiazole rings is 1. The molecular formula is C19H16BrN3O2S. The van der Waals surface area contributed by atoms with Gasteiger partial charge in [-0.1, -0.05) is 39.4 Å². The van der Waals surface area contributed by atoms with Gasteiger partial charge in [0, 0.05) is 17.1 Å². The lowest BCUT2D eigenvalue weighted by Crippen LogP contribution is -2.27. The van der Waals surface area contributed by atoms with Gasteiger partial charge in [-0.3, -0.25) is 9.59 Å². The molecule has 5 nitrogen and oxygen atoms in total. The third-order valence-electron chi connectivity index (χ3n) is 4.51. The highest BCUT2D eigenvalue weighted by Crippen LogP contribution is 2.49. The monoisotopic (exact) mass is 429 g/mol. The number of nitrogens with one attached hydrogen (secondary N) is 2. The lowest BCUT2D eigenvalue weighted by molar-refractivity contribution is -0.118. The van der Waals surface area contributed by atoms with E-state index in [1.165, 1.54) is 18.3 Å². The maximum absolute atomic E-state index is 12.9. The molecule has 0 spiro atoms. The molecule has 1 fully saturated rings. The third-order valence-corrected chi connectivity index (χ3v) is 5.97. The summed E-state index contributed by atoms with van der Waals surface area (Å²) in [5.41, 5.74) is 2.16. The molecule has 0 aliphatic heterocycles. The fourth-order valence-corrected chi connectivity index (χ4v) is 4.21. The average Bonchev–Trinajstić information content (AvgIpc) is 3.31. The van der Waals surface area contributed by atoms with E-state index in [9.17, 15) is 9.59 Å². The molecule has 2 aromatic carbocycles. The number of rotatable bonds is 4. The molecule has 2 N–H and O–H groups in total. The van der Waals surface area contributed by atoms with Gasteiger partial charge in [0.2, 0.25) is 11.8 Å². The van der Waals surface area contributed by atoms with E-state index in [2.05, 4.69) is 31.5 Å². The van der Waals surface area contributed by atoms with Crippen LogP contribution < -0.4 is 10.6 Å². The highest BCUT2D eigenvalue weighted by Gasteiger charge is 2.51. The molecule has 0 radical (unpaired) electrons. The summed E-state index contributed by atoms with van der Waals surface area (Å²) in [4.78, 5) is 28.4. The number of carbonyl (C=O) groups is 2. The van der Waals surface area contributed by atoms with Crippen molar-refractivity contribution in [2.45, 2.75) is 25.2 Å². The van der Waals surface area contributed by atoms with Crippen molar-refractivity contribution in [3.63, 3.8) is 0 Å². The molecular weight excluding hydrogens is 414 g/mol. The fraction of sp³-hybridized carbons (Fsp3) is 0.211. The fourth-order valence-electron chi connectivity index (χ4n) is 3.00. The second-order valence-corrected chi connectivity index (χ2v) is 8.37. The van der Waals surface area contributed by atoms with Gasteiger partial charge >= 0.3 is 0 Å². The predicted molar refractivity (Wildman–Crippen MR) is 108 cm³/mol. The van der Waals surface area contributed by atoms with Crippen molar-refractivity contribution in [1.29, 1.82) is 0 Å². The largest absolute Gasteiger partial charge is 0.325 e. The molecule has 2 amide bonds. The van der Waals surface area contributed by atoms with Crippen LogP contribution >= 0.6 is 27.3 Å². The van der Waals surface area contributed by atoms with Gasteiger partial charge in [0.25, 0.3) is 0 Å². The number of amides is 2. The molecule has 132 valence electrons. The van der Waals surface area contributed by atoms with E-state index >= 15 is 0 Å². The Bertz CT molecular complexity index is 1010. The molecule has 1 aromatic heterocycles. The summed E-state index contributed by atoms with van der Waals surface area (Å²) in [5, 5.41) is 6.29. The Kier molecular flexibility index (Phi) is 4.28. The standard InChI is InChI=1S/C19H16BrN3O2S/c1-11(24)21-18-23-15-7-6-14(10-16(15)26-18)22-17(25)19(8-9-19)12-2-4-13(20)5-3-12/h2-7,10H,8-9H2,1H3,(H,22,25)(H,21,23,24). The Morgan fingerprint density at radius 3 is 2.50 bits per heavy atom. The number of hydrogen-bond acceptors (Lipinski definition) is 4. The molecule has 7 heteroatoms. The van der Waals surface area contributed by atoms with Gasteiger partial charge < -0.3 is 10.6 Å². The minimum Gasteiger partial charge on any atom is -0.325 e. The molecule has 1 heterocycles. The van der Waals surface area contributed by atoms with Crippen LogP contribution in [0.1, 0.15) is 25.3 Å². The maximum atomic E-state index is 12.9. The van der Waals surface area contributed by atoms with Gasteiger partial charge in [-0.2, -0.15) is 0 Å². The first-order chi connectivity index (χ1) is 12.5. The van der Waals surface area contributed by atoms with E-state index < -0.39 is 5.41 Å². The molecule has 26 heavy (non-hydrogen) atoms. The summed E-state index contributed by atoms with van der Waals surface area (Å²) in [7, 11) is 0. The van der Waals surface area contributed by atoms with Gasteiger partial charge in [-0.15, -0.1) is 0 Å². The molecule has 1 aliphatic rings. The summed E-state index contributed by atoms with van der Waals surface area (Å²) in [6.45, 7) is 1.45. The van der Waals surface area contributed by atoms with Crippen LogP contribution in [-0.4, -0.2) is 16.8 Å². The second kappa shape index (κ2) is 6.48. The van der Waals surface area contributed by atoms with Crippen LogP contribution in [0.2, 0.25) is 0 Å². The number of halogens is 1. The highest BCUT2D eigenvalue weighted by molar-refractivity contribution is 9.10. The summed E-state index contributed by atoms with van der Waals surface area (Å²) in [6.07, 6.45) is 1.71. The SMILES string of the molecule is CC(=O)Nc1nc2ccc(NC(=O)C3(c4ccc(Br)cc4)CC3)cc2s1. The summed E-state index contributed by atoms with van der Waals surface area (Å²) in [6, 6.07) is 13.5. The van der Waals surface area contributed by atoms with Crippen LogP contribution in [0, 0.1) is 0 Å². The molecule has 1 saturated carbocycles. The molecule has 3 aromatic rings. The quantitative estimate of drug-likeness (QED) is 0.631. The van der Waals surface area contributed by atoms with Crippen molar-refractivity contribution in [1.82, 2.24) is 4.98 Å². The Morgan fingerprint density at radius 1 is 1.12 bits per heavy atom. The minimum absolute atomic E-state index is 0.0192. The molecule has 4 rings (SSSR count). The zero-order valence-corrected chi connectivity index (χ0v) is 16.4. The van der Waals surface area contributed by atoms with Gasteiger partial charge in [0.15, 0.2) is 5.13 Å². The number of fused-ring (bicyclic) bond motifs is 1. The summed E-state index contributed by atoms with van der Waals surface area (Å²) >= 11 is 4.82. The van der Waals surface area contributed by atoms with Crippen molar-refractivity contribution in [3.8, 4) is 0 Å². The van der Waals surface area contributed by atoms with Crippen LogP contribution in [0.5, 0.6) is 0 Å². The first-order valence-corrected chi connectivity index (χ1v) is 9.83. The average molecular weight is 430 g/mol. The van der Waals surface area contributed by atoms with Crippen LogP contribution in [-0.2, 0) is 15.0 Å². The Labute approximate surface area is 163 Å². The van der Waals surface area contributed by atoms with Gasteiger partial charge in [0.05, 0.1) is 15.6 Å². The van der Waals surface area contributed by atoms with E-state index in [4.69, 9.17) is 0 Å². The first-order valence-electron chi connectivity index (χ1n) is 8.22. The van der Waals surface area contributed by atoms with Gasteiger partial charge in [-0.05, 0) is 48.7 Å². The molecule has 0 bridgehead atoms. The van der Waals surface area contributed by atoms with Gasteiger partial charge in [-0.25, -0.2) is 4.98 Å². The van der Waals surface area contributed by atoms with Crippen LogP contribution in [0.25, 0.3) is 10.2 Å². The Hall–Kier alpha value is -2.25. The van der Waals surface area contributed by atoms with Crippen LogP contribution in [0.15, 0.2) is 46.9 Å². The number of benzene rings is 2. The Balaban J connectivity index is 1.55. The molecule has 0 atom stereocenters. The van der Waals surface area contributed by atoms with E-state index in [1.807, 2.05) is 42.5 Å². The van der Waals surface area contributed by atoms with Crippen molar-refractivity contribution < 1.29 is 9.59 Å². The van der Waals surface area contributed by atoms with E-state index in [0.717, 1.165) is 38.8 Å². The smallest absolute Gasteiger partial charge is 0.235 e. The normalized spacial score (nSPS) is 14.8. The molecule has 1 aliphatic carbocycles. The number of aromatic nitrogens is 1. The van der Waals surface area contributed by atoms with E-state index in [1.54, 1.807) is 0 Å². The van der Waals surface area contributed by atoms with Crippen molar-refractivity contribution in [2.24, 2.45) is 0 Å².